The zero-order valence-electron chi connectivity index (χ0n) is 24.1. The minimum absolute atomic E-state index is 0.00350. The van der Waals surface area contributed by atoms with E-state index >= 15 is 0 Å². The van der Waals surface area contributed by atoms with Gasteiger partial charge in [-0.2, -0.15) is 5.21 Å². The van der Waals surface area contributed by atoms with Gasteiger partial charge in [-0.25, -0.2) is 0 Å². The lowest BCUT2D eigenvalue weighted by Crippen LogP contribution is -2.45. The fourth-order valence-corrected chi connectivity index (χ4v) is 7.76. The number of hydrogen-bond acceptors (Lipinski definition) is 6. The lowest BCUT2D eigenvalue weighted by atomic mass is 9.93. The SMILES string of the molecule is CC(C)(C)CN1C(=O)[C@@H](CC(=O)N2CCC(c3nn[nH]n3)CC2)S[C@H](c2cccc3ccccc23)c2cc(Cl)ccc21. The maximum absolute atomic E-state index is 14.4. The van der Waals surface area contributed by atoms with Crippen LogP contribution in [0.3, 0.4) is 0 Å². The summed E-state index contributed by atoms with van der Waals surface area (Å²) in [5.41, 5.74) is 2.82. The molecule has 6 rings (SSSR count). The van der Waals surface area contributed by atoms with Crippen LogP contribution >= 0.6 is 23.4 Å². The number of rotatable bonds is 5. The summed E-state index contributed by atoms with van der Waals surface area (Å²) in [6.07, 6.45) is 1.69. The van der Waals surface area contributed by atoms with Crippen LogP contribution in [-0.4, -0.2) is 62.2 Å². The Kier molecular flexibility index (Phi) is 7.98. The highest BCUT2D eigenvalue weighted by Gasteiger charge is 2.40. The first-order valence-corrected chi connectivity index (χ1v) is 15.7. The summed E-state index contributed by atoms with van der Waals surface area (Å²) in [6, 6.07) is 20.4. The van der Waals surface area contributed by atoms with Gasteiger partial charge in [0.25, 0.3) is 0 Å². The lowest BCUT2D eigenvalue weighted by Gasteiger charge is -2.33. The van der Waals surface area contributed by atoms with Crippen molar-refractivity contribution in [2.75, 3.05) is 24.5 Å². The number of aromatic nitrogens is 4. The van der Waals surface area contributed by atoms with Crippen molar-refractivity contribution in [3.05, 3.63) is 82.6 Å². The van der Waals surface area contributed by atoms with E-state index in [1.807, 2.05) is 40.1 Å². The Bertz CT molecular complexity index is 1590. The van der Waals surface area contributed by atoms with Crippen LogP contribution in [0.1, 0.15) is 68.2 Å². The Morgan fingerprint density at radius 1 is 1.05 bits per heavy atom. The molecule has 2 amide bonds. The molecule has 2 aliphatic rings. The van der Waals surface area contributed by atoms with Crippen LogP contribution in [0.4, 0.5) is 5.69 Å². The van der Waals surface area contributed by atoms with Gasteiger partial charge in [0, 0.05) is 42.7 Å². The lowest BCUT2D eigenvalue weighted by molar-refractivity contribution is -0.133. The van der Waals surface area contributed by atoms with Crippen molar-refractivity contribution in [3.63, 3.8) is 0 Å². The second-order valence-electron chi connectivity index (χ2n) is 12.4. The van der Waals surface area contributed by atoms with E-state index in [-0.39, 0.29) is 34.8 Å². The zero-order chi connectivity index (χ0) is 29.4. The van der Waals surface area contributed by atoms with Gasteiger partial charge in [0.1, 0.15) is 0 Å². The molecule has 0 aliphatic carbocycles. The van der Waals surface area contributed by atoms with Crippen molar-refractivity contribution in [1.82, 2.24) is 25.5 Å². The number of hydrogen-bond donors (Lipinski definition) is 1. The molecule has 2 atom stereocenters. The zero-order valence-corrected chi connectivity index (χ0v) is 25.7. The molecule has 0 spiro atoms. The average molecular weight is 603 g/mol. The molecule has 1 aromatic heterocycles. The van der Waals surface area contributed by atoms with E-state index in [1.54, 1.807) is 11.8 Å². The van der Waals surface area contributed by atoms with Gasteiger partial charge in [-0.05, 0) is 58.4 Å². The van der Waals surface area contributed by atoms with Crippen molar-refractivity contribution in [2.45, 2.75) is 56.5 Å². The van der Waals surface area contributed by atoms with E-state index in [4.69, 9.17) is 11.6 Å². The normalized spacial score (nSPS) is 20.0. The number of tetrazole rings is 1. The largest absolute Gasteiger partial charge is 0.343 e. The van der Waals surface area contributed by atoms with E-state index in [0.717, 1.165) is 40.4 Å². The molecule has 10 heteroatoms. The van der Waals surface area contributed by atoms with Gasteiger partial charge in [-0.3, -0.25) is 9.59 Å². The van der Waals surface area contributed by atoms with Gasteiger partial charge in [-0.1, -0.05) is 80.1 Å². The van der Waals surface area contributed by atoms with E-state index in [2.05, 4.69) is 71.7 Å². The molecular weight excluding hydrogens is 568 g/mol. The second kappa shape index (κ2) is 11.7. The fraction of sp³-hybridized carbons (Fsp3) is 0.406. The minimum atomic E-state index is -0.551. The molecule has 0 saturated carbocycles. The monoisotopic (exact) mass is 602 g/mol. The molecule has 3 aromatic carbocycles. The summed E-state index contributed by atoms with van der Waals surface area (Å²) in [4.78, 5) is 32.0. The third-order valence-electron chi connectivity index (χ3n) is 8.08. The summed E-state index contributed by atoms with van der Waals surface area (Å²) in [5, 5.41) is 16.6. The summed E-state index contributed by atoms with van der Waals surface area (Å²) in [7, 11) is 0. The van der Waals surface area contributed by atoms with Crippen LogP contribution in [-0.2, 0) is 9.59 Å². The number of anilines is 1. The molecule has 0 bridgehead atoms. The number of piperidine rings is 1. The number of carbonyl (C=O) groups is 2. The molecule has 0 radical (unpaired) electrons. The number of thioether (sulfide) groups is 1. The molecule has 218 valence electrons. The van der Waals surface area contributed by atoms with Gasteiger partial charge >= 0.3 is 0 Å². The number of likely N-dealkylation sites (tertiary alicyclic amines) is 1. The number of nitrogens with zero attached hydrogens (tertiary/aromatic N) is 5. The second-order valence-corrected chi connectivity index (χ2v) is 14.1. The molecule has 2 aliphatic heterocycles. The Balaban J connectivity index is 1.35. The third kappa shape index (κ3) is 5.90. The molecule has 1 fully saturated rings. The molecule has 4 aromatic rings. The van der Waals surface area contributed by atoms with Crippen molar-refractivity contribution in [3.8, 4) is 0 Å². The van der Waals surface area contributed by atoms with Gasteiger partial charge in [-0.15, -0.1) is 22.0 Å². The standard InChI is InChI=1S/C32H35ClN6O2S/c1-32(2,3)19-39-26-12-11-22(33)17-25(26)29(24-10-6-8-20-7-4-5-9-23(20)24)42-27(31(39)41)18-28(40)38-15-13-21(14-16-38)30-34-36-37-35-30/h4-12,17,21,27,29H,13-16,18-19H2,1-3H3,(H,34,35,36,37)/t27-,29-/m1/s1. The molecular formula is C32H35ClN6O2S. The maximum Gasteiger partial charge on any atom is 0.240 e. The van der Waals surface area contributed by atoms with Crippen molar-refractivity contribution in [2.24, 2.45) is 5.41 Å². The predicted molar refractivity (Wildman–Crippen MR) is 168 cm³/mol. The highest BCUT2D eigenvalue weighted by molar-refractivity contribution is 8.01. The van der Waals surface area contributed by atoms with E-state index < -0.39 is 5.25 Å². The van der Waals surface area contributed by atoms with Crippen molar-refractivity contribution in [1.29, 1.82) is 0 Å². The molecule has 0 unspecified atom stereocenters. The van der Waals surface area contributed by atoms with Crippen molar-refractivity contribution >= 4 is 51.6 Å². The first-order chi connectivity index (χ1) is 20.2. The minimum Gasteiger partial charge on any atom is -0.343 e. The predicted octanol–water partition coefficient (Wildman–Crippen LogP) is 6.39. The summed E-state index contributed by atoms with van der Waals surface area (Å²) >= 11 is 8.17. The van der Waals surface area contributed by atoms with E-state index in [1.165, 1.54) is 0 Å². The van der Waals surface area contributed by atoms with E-state index in [0.29, 0.717) is 30.5 Å². The van der Waals surface area contributed by atoms with Crippen LogP contribution in [0.15, 0.2) is 60.7 Å². The molecule has 3 heterocycles. The molecule has 8 nitrogen and oxygen atoms in total. The average Bonchev–Trinajstić information content (AvgIpc) is 3.49. The van der Waals surface area contributed by atoms with Crippen LogP contribution in [0, 0.1) is 5.41 Å². The van der Waals surface area contributed by atoms with Crippen LogP contribution < -0.4 is 4.90 Å². The highest BCUT2D eigenvalue weighted by atomic mass is 35.5. The summed E-state index contributed by atoms with van der Waals surface area (Å²) < 4.78 is 0. The fourth-order valence-electron chi connectivity index (χ4n) is 6.08. The molecule has 1 N–H and O–H groups in total. The summed E-state index contributed by atoms with van der Waals surface area (Å²) in [5.74, 6) is 0.850. The Hall–Kier alpha value is -3.43. The highest BCUT2D eigenvalue weighted by Crippen LogP contribution is 2.49. The van der Waals surface area contributed by atoms with Gasteiger partial charge in [0.15, 0.2) is 5.82 Å². The number of aromatic amines is 1. The number of amides is 2. The van der Waals surface area contributed by atoms with Crippen LogP contribution in [0.5, 0.6) is 0 Å². The van der Waals surface area contributed by atoms with Gasteiger partial charge in [0.05, 0.1) is 10.5 Å². The topological polar surface area (TPSA) is 95.1 Å². The van der Waals surface area contributed by atoms with E-state index in [9.17, 15) is 9.59 Å². The third-order valence-corrected chi connectivity index (χ3v) is 9.79. The maximum atomic E-state index is 14.4. The molecule has 42 heavy (non-hydrogen) atoms. The number of nitrogens with one attached hydrogen (secondary N) is 1. The number of benzene rings is 3. The van der Waals surface area contributed by atoms with Crippen LogP contribution in [0.25, 0.3) is 10.8 Å². The first kappa shape index (κ1) is 28.7. The number of halogens is 1. The smallest absolute Gasteiger partial charge is 0.240 e. The first-order valence-electron chi connectivity index (χ1n) is 14.4. The Labute approximate surface area is 255 Å². The van der Waals surface area contributed by atoms with Gasteiger partial charge < -0.3 is 9.80 Å². The number of H-pyrrole nitrogens is 1. The number of fused-ring (bicyclic) bond motifs is 2. The van der Waals surface area contributed by atoms with Crippen LogP contribution in [0.2, 0.25) is 5.02 Å². The molecule has 1 saturated heterocycles. The Morgan fingerprint density at radius 2 is 1.81 bits per heavy atom. The Morgan fingerprint density at radius 3 is 2.55 bits per heavy atom. The van der Waals surface area contributed by atoms with Gasteiger partial charge in [0.2, 0.25) is 11.8 Å². The quantitative estimate of drug-likeness (QED) is 0.285. The number of carbonyl (C=O) groups excluding carboxylic acids is 2. The van der Waals surface area contributed by atoms with Crippen molar-refractivity contribution < 1.29 is 9.59 Å². The summed E-state index contributed by atoms with van der Waals surface area (Å²) in [6.45, 7) is 8.14.